The fourth-order valence-electron chi connectivity index (χ4n) is 1.64. The average Bonchev–Trinajstić information content (AvgIpc) is 2.44. The molecule has 1 unspecified atom stereocenters. The van der Waals surface area contributed by atoms with Gasteiger partial charge in [-0.3, -0.25) is 0 Å². The zero-order valence-corrected chi connectivity index (χ0v) is 12.1. The van der Waals surface area contributed by atoms with Crippen LogP contribution in [0.2, 0.25) is 0 Å². The summed E-state index contributed by atoms with van der Waals surface area (Å²) in [7, 11) is 0. The SMILES string of the molecule is CCCCNC(=O)NCC(O)c1ccc(OC(F)(F)F)cc1. The van der Waals surface area contributed by atoms with Gasteiger partial charge in [0.15, 0.2) is 0 Å². The van der Waals surface area contributed by atoms with Crippen molar-refractivity contribution in [3.05, 3.63) is 29.8 Å². The summed E-state index contributed by atoms with van der Waals surface area (Å²) in [6.07, 6.45) is -3.96. The van der Waals surface area contributed by atoms with Gasteiger partial charge in [-0.2, -0.15) is 0 Å². The molecule has 1 aromatic rings. The molecule has 0 heterocycles. The number of aliphatic hydroxyl groups excluding tert-OH is 1. The highest BCUT2D eigenvalue weighted by atomic mass is 19.4. The molecule has 0 radical (unpaired) electrons. The highest BCUT2D eigenvalue weighted by molar-refractivity contribution is 5.73. The molecule has 0 spiro atoms. The van der Waals surface area contributed by atoms with Crippen molar-refractivity contribution in [2.24, 2.45) is 0 Å². The van der Waals surface area contributed by atoms with Crippen LogP contribution in [0, 0.1) is 0 Å². The Hall–Kier alpha value is -1.96. The molecule has 5 nitrogen and oxygen atoms in total. The lowest BCUT2D eigenvalue weighted by Gasteiger charge is -2.14. The van der Waals surface area contributed by atoms with E-state index in [0.29, 0.717) is 12.1 Å². The quantitative estimate of drug-likeness (QED) is 0.677. The molecular formula is C14H19F3N2O3. The number of unbranched alkanes of at least 4 members (excludes halogenated alkanes) is 1. The van der Waals surface area contributed by atoms with Crippen LogP contribution in [-0.4, -0.2) is 30.6 Å². The number of rotatable bonds is 7. The van der Waals surface area contributed by atoms with Gasteiger partial charge in [0.25, 0.3) is 0 Å². The fourth-order valence-corrected chi connectivity index (χ4v) is 1.64. The Morgan fingerprint density at radius 3 is 2.45 bits per heavy atom. The zero-order chi connectivity index (χ0) is 16.6. The first kappa shape index (κ1) is 18.1. The summed E-state index contributed by atoms with van der Waals surface area (Å²) in [5, 5.41) is 15.0. The molecular weight excluding hydrogens is 301 g/mol. The average molecular weight is 320 g/mol. The number of carbonyl (C=O) groups excluding carboxylic acids is 1. The molecule has 0 fully saturated rings. The number of aliphatic hydroxyl groups is 1. The van der Waals surface area contributed by atoms with Gasteiger partial charge in [0, 0.05) is 13.1 Å². The Kier molecular flexibility index (Phi) is 6.97. The maximum atomic E-state index is 12.0. The second-order valence-electron chi connectivity index (χ2n) is 4.62. The van der Waals surface area contributed by atoms with E-state index in [4.69, 9.17) is 0 Å². The molecule has 124 valence electrons. The normalized spacial score (nSPS) is 12.6. The zero-order valence-electron chi connectivity index (χ0n) is 12.1. The topological polar surface area (TPSA) is 70.6 Å². The Bertz CT molecular complexity index is 463. The molecule has 0 aromatic heterocycles. The molecule has 3 N–H and O–H groups in total. The van der Waals surface area contributed by atoms with E-state index in [1.807, 2.05) is 6.92 Å². The summed E-state index contributed by atoms with van der Waals surface area (Å²) < 4.78 is 39.8. The van der Waals surface area contributed by atoms with Crippen molar-refractivity contribution in [1.29, 1.82) is 0 Å². The number of ether oxygens (including phenoxy) is 1. The number of urea groups is 1. The van der Waals surface area contributed by atoms with E-state index in [-0.39, 0.29) is 12.3 Å². The Morgan fingerprint density at radius 2 is 1.91 bits per heavy atom. The minimum atomic E-state index is -4.75. The minimum absolute atomic E-state index is 0.0442. The van der Waals surface area contributed by atoms with Crippen LogP contribution in [0.5, 0.6) is 5.75 Å². The van der Waals surface area contributed by atoms with E-state index in [1.54, 1.807) is 0 Å². The minimum Gasteiger partial charge on any atom is -0.406 e. The van der Waals surface area contributed by atoms with Gasteiger partial charge in [-0.05, 0) is 24.1 Å². The second kappa shape index (κ2) is 8.47. The van der Waals surface area contributed by atoms with Crippen LogP contribution in [-0.2, 0) is 0 Å². The van der Waals surface area contributed by atoms with Gasteiger partial charge >= 0.3 is 12.4 Å². The Morgan fingerprint density at radius 1 is 1.27 bits per heavy atom. The van der Waals surface area contributed by atoms with Crippen molar-refractivity contribution in [3.63, 3.8) is 0 Å². The number of benzene rings is 1. The van der Waals surface area contributed by atoms with Crippen molar-refractivity contribution < 1.29 is 27.8 Å². The van der Waals surface area contributed by atoms with Gasteiger partial charge in [-0.15, -0.1) is 13.2 Å². The summed E-state index contributed by atoms with van der Waals surface area (Å²) in [5.41, 5.74) is 0.378. The first-order chi connectivity index (χ1) is 10.3. The van der Waals surface area contributed by atoms with Gasteiger partial charge in [0.05, 0.1) is 6.10 Å². The molecule has 0 aliphatic heterocycles. The van der Waals surface area contributed by atoms with E-state index < -0.39 is 18.5 Å². The summed E-state index contributed by atoms with van der Waals surface area (Å²) in [6, 6.07) is 4.43. The molecule has 0 saturated heterocycles. The van der Waals surface area contributed by atoms with Crippen LogP contribution in [0.15, 0.2) is 24.3 Å². The van der Waals surface area contributed by atoms with E-state index >= 15 is 0 Å². The summed E-state index contributed by atoms with van der Waals surface area (Å²) >= 11 is 0. The van der Waals surface area contributed by atoms with Crippen molar-refractivity contribution in [3.8, 4) is 5.75 Å². The molecule has 1 aromatic carbocycles. The molecule has 22 heavy (non-hydrogen) atoms. The van der Waals surface area contributed by atoms with Crippen LogP contribution in [0.4, 0.5) is 18.0 Å². The molecule has 0 saturated carbocycles. The van der Waals surface area contributed by atoms with Crippen molar-refractivity contribution in [1.82, 2.24) is 10.6 Å². The smallest absolute Gasteiger partial charge is 0.406 e. The van der Waals surface area contributed by atoms with Crippen LogP contribution < -0.4 is 15.4 Å². The monoisotopic (exact) mass is 320 g/mol. The highest BCUT2D eigenvalue weighted by Gasteiger charge is 2.31. The number of hydrogen-bond donors (Lipinski definition) is 3. The van der Waals surface area contributed by atoms with Crippen LogP contribution in [0.3, 0.4) is 0 Å². The maximum absolute atomic E-state index is 12.0. The first-order valence-corrected chi connectivity index (χ1v) is 6.87. The largest absolute Gasteiger partial charge is 0.573 e. The van der Waals surface area contributed by atoms with E-state index in [2.05, 4.69) is 15.4 Å². The molecule has 0 aliphatic carbocycles. The number of alkyl halides is 3. The van der Waals surface area contributed by atoms with Crippen molar-refractivity contribution >= 4 is 6.03 Å². The molecule has 1 atom stereocenters. The third kappa shape index (κ3) is 7.16. The number of hydrogen-bond acceptors (Lipinski definition) is 3. The second-order valence-corrected chi connectivity index (χ2v) is 4.62. The molecule has 8 heteroatoms. The van der Waals surface area contributed by atoms with Crippen LogP contribution in [0.25, 0.3) is 0 Å². The van der Waals surface area contributed by atoms with Gasteiger partial charge in [0.1, 0.15) is 5.75 Å². The predicted octanol–water partition coefficient (Wildman–Crippen LogP) is 2.72. The lowest BCUT2D eigenvalue weighted by Crippen LogP contribution is -2.38. The Labute approximate surface area is 126 Å². The van der Waals surface area contributed by atoms with E-state index in [9.17, 15) is 23.1 Å². The third-order valence-corrected chi connectivity index (χ3v) is 2.77. The van der Waals surface area contributed by atoms with Gasteiger partial charge in [-0.25, -0.2) is 4.79 Å². The van der Waals surface area contributed by atoms with Crippen LogP contribution >= 0.6 is 0 Å². The standard InChI is InChI=1S/C14H19F3N2O3/c1-2-3-8-18-13(21)19-9-12(20)10-4-6-11(7-5-10)22-14(15,16)17/h4-7,12,20H,2-3,8-9H2,1H3,(H2,18,19,21). The summed E-state index contributed by atoms with van der Waals surface area (Å²) in [4.78, 5) is 11.4. The van der Waals surface area contributed by atoms with Gasteiger partial charge in [0.2, 0.25) is 0 Å². The van der Waals surface area contributed by atoms with Gasteiger partial charge < -0.3 is 20.5 Å². The molecule has 0 bridgehead atoms. The van der Waals surface area contributed by atoms with E-state index in [0.717, 1.165) is 25.0 Å². The van der Waals surface area contributed by atoms with Crippen molar-refractivity contribution in [2.75, 3.05) is 13.1 Å². The fraction of sp³-hybridized carbons (Fsp3) is 0.500. The predicted molar refractivity (Wildman–Crippen MR) is 74.4 cm³/mol. The lowest BCUT2D eigenvalue weighted by atomic mass is 10.1. The lowest BCUT2D eigenvalue weighted by molar-refractivity contribution is -0.274. The number of halogens is 3. The number of carbonyl (C=O) groups is 1. The number of nitrogens with one attached hydrogen (secondary N) is 2. The third-order valence-electron chi connectivity index (χ3n) is 2.77. The summed E-state index contributed by atoms with van der Waals surface area (Å²) in [6.45, 7) is 2.49. The van der Waals surface area contributed by atoms with E-state index in [1.165, 1.54) is 12.1 Å². The first-order valence-electron chi connectivity index (χ1n) is 6.87. The Balaban J connectivity index is 2.42. The number of amides is 2. The molecule has 2 amide bonds. The van der Waals surface area contributed by atoms with Crippen molar-refractivity contribution in [2.45, 2.75) is 32.2 Å². The van der Waals surface area contributed by atoms with Gasteiger partial charge in [-0.1, -0.05) is 25.5 Å². The molecule has 0 aliphatic rings. The highest BCUT2D eigenvalue weighted by Crippen LogP contribution is 2.24. The van der Waals surface area contributed by atoms with Crippen LogP contribution in [0.1, 0.15) is 31.4 Å². The maximum Gasteiger partial charge on any atom is 0.573 e. The summed E-state index contributed by atoms with van der Waals surface area (Å²) in [5.74, 6) is -0.367. The molecule has 1 rings (SSSR count).